The van der Waals surface area contributed by atoms with E-state index in [4.69, 9.17) is 5.73 Å². The second-order valence-electron chi connectivity index (χ2n) is 3.61. The van der Waals surface area contributed by atoms with Crippen molar-refractivity contribution in [1.82, 2.24) is 14.1 Å². The number of hydrogen-bond donors (Lipinski definition) is 1. The fraction of sp³-hybridized carbons (Fsp3) is 0.364. The summed E-state index contributed by atoms with van der Waals surface area (Å²) in [6, 6.07) is 4.10. The quantitative estimate of drug-likeness (QED) is 0.754. The maximum Gasteiger partial charge on any atom is 0.200 e. The summed E-state index contributed by atoms with van der Waals surface area (Å²) < 4.78 is 4.17. The van der Waals surface area contributed by atoms with Gasteiger partial charge in [-0.15, -0.1) is 0 Å². The van der Waals surface area contributed by atoms with Crippen LogP contribution < -0.4 is 5.73 Å². The van der Waals surface area contributed by atoms with E-state index in [-0.39, 0.29) is 0 Å². The highest BCUT2D eigenvalue weighted by Gasteiger charge is 1.96. The van der Waals surface area contributed by atoms with Gasteiger partial charge in [-0.25, -0.2) is 4.98 Å². The summed E-state index contributed by atoms with van der Waals surface area (Å²) in [4.78, 5) is 3.98. The van der Waals surface area contributed by atoms with Crippen molar-refractivity contribution >= 4 is 5.95 Å². The van der Waals surface area contributed by atoms with Crippen molar-refractivity contribution in [2.75, 3.05) is 5.73 Å². The Kier molecular flexibility index (Phi) is 3.07. The number of hydrogen-bond acceptors (Lipinski definition) is 2. The van der Waals surface area contributed by atoms with Gasteiger partial charge in [-0.3, -0.25) is 0 Å². The fourth-order valence-electron chi connectivity index (χ4n) is 1.63. The zero-order valence-electron chi connectivity index (χ0n) is 8.71. The number of aromatic nitrogens is 3. The van der Waals surface area contributed by atoms with Crippen molar-refractivity contribution in [3.05, 3.63) is 36.9 Å². The third-order valence-corrected chi connectivity index (χ3v) is 2.48. The number of anilines is 1. The van der Waals surface area contributed by atoms with Crippen molar-refractivity contribution in [3.63, 3.8) is 0 Å². The molecule has 2 aromatic rings. The Morgan fingerprint density at radius 1 is 1.07 bits per heavy atom. The van der Waals surface area contributed by atoms with Gasteiger partial charge in [0.05, 0.1) is 0 Å². The van der Waals surface area contributed by atoms with Crippen LogP contribution >= 0.6 is 0 Å². The second kappa shape index (κ2) is 4.68. The SMILES string of the molecule is Nc1nccn1CCCCn1cccc1. The number of imidazole rings is 1. The van der Waals surface area contributed by atoms with Crippen molar-refractivity contribution in [2.45, 2.75) is 25.9 Å². The third kappa shape index (κ3) is 2.62. The molecule has 2 aromatic heterocycles. The zero-order valence-corrected chi connectivity index (χ0v) is 8.71. The van der Waals surface area contributed by atoms with Crippen molar-refractivity contribution in [1.29, 1.82) is 0 Å². The molecule has 0 fully saturated rings. The first-order valence-electron chi connectivity index (χ1n) is 5.23. The standard InChI is InChI=1S/C11H16N4/c12-11-13-5-10-15(11)9-4-3-8-14-6-1-2-7-14/h1-2,5-7,10H,3-4,8-9H2,(H2,12,13). The van der Waals surface area contributed by atoms with Gasteiger partial charge in [0.25, 0.3) is 0 Å². The summed E-state index contributed by atoms with van der Waals surface area (Å²) in [5.74, 6) is 0.607. The van der Waals surface area contributed by atoms with E-state index in [1.807, 2.05) is 22.9 Å². The molecular weight excluding hydrogens is 188 g/mol. The average Bonchev–Trinajstić information content (AvgIpc) is 2.85. The van der Waals surface area contributed by atoms with E-state index in [1.54, 1.807) is 6.20 Å². The monoisotopic (exact) mass is 204 g/mol. The van der Waals surface area contributed by atoms with Gasteiger partial charge in [0.1, 0.15) is 0 Å². The van der Waals surface area contributed by atoms with Gasteiger partial charge in [0.2, 0.25) is 0 Å². The van der Waals surface area contributed by atoms with Gasteiger partial charge < -0.3 is 14.9 Å². The third-order valence-electron chi connectivity index (χ3n) is 2.48. The molecule has 0 bridgehead atoms. The first-order chi connectivity index (χ1) is 7.36. The minimum Gasteiger partial charge on any atom is -0.369 e. The smallest absolute Gasteiger partial charge is 0.200 e. The fourth-order valence-corrected chi connectivity index (χ4v) is 1.63. The molecule has 0 unspecified atom stereocenters. The van der Waals surface area contributed by atoms with Gasteiger partial charge >= 0.3 is 0 Å². The van der Waals surface area contributed by atoms with Gasteiger partial charge in [-0.05, 0) is 25.0 Å². The summed E-state index contributed by atoms with van der Waals surface area (Å²) in [7, 11) is 0. The number of rotatable bonds is 5. The lowest BCUT2D eigenvalue weighted by molar-refractivity contribution is 0.557. The van der Waals surface area contributed by atoms with Crippen LogP contribution in [0.3, 0.4) is 0 Å². The minimum absolute atomic E-state index is 0.607. The Balaban J connectivity index is 1.70. The van der Waals surface area contributed by atoms with Gasteiger partial charge in [0, 0.05) is 37.9 Å². The molecular formula is C11H16N4. The lowest BCUT2D eigenvalue weighted by Gasteiger charge is -2.05. The molecule has 0 aliphatic rings. The molecule has 0 atom stereocenters. The lowest BCUT2D eigenvalue weighted by Crippen LogP contribution is -2.03. The number of unbranched alkanes of at least 4 members (excludes halogenated alkanes) is 1. The highest BCUT2D eigenvalue weighted by molar-refractivity contribution is 5.16. The van der Waals surface area contributed by atoms with Crippen LogP contribution in [0.15, 0.2) is 36.9 Å². The van der Waals surface area contributed by atoms with Crippen molar-refractivity contribution in [2.24, 2.45) is 0 Å². The van der Waals surface area contributed by atoms with Gasteiger partial charge in [0.15, 0.2) is 5.95 Å². The van der Waals surface area contributed by atoms with Crippen LogP contribution in [0.25, 0.3) is 0 Å². The van der Waals surface area contributed by atoms with Crippen LogP contribution in [-0.2, 0) is 13.1 Å². The molecule has 0 radical (unpaired) electrons. The predicted octanol–water partition coefficient (Wildman–Crippen LogP) is 1.75. The highest BCUT2D eigenvalue weighted by Crippen LogP contribution is 2.03. The molecule has 4 nitrogen and oxygen atoms in total. The molecule has 2 N–H and O–H groups in total. The van der Waals surface area contributed by atoms with E-state index in [0.29, 0.717) is 5.95 Å². The van der Waals surface area contributed by atoms with E-state index in [2.05, 4.69) is 21.9 Å². The van der Waals surface area contributed by atoms with Crippen LogP contribution in [0.5, 0.6) is 0 Å². The van der Waals surface area contributed by atoms with E-state index >= 15 is 0 Å². The Hall–Kier alpha value is -1.71. The summed E-state index contributed by atoms with van der Waals surface area (Å²) in [5.41, 5.74) is 5.66. The molecule has 0 aliphatic carbocycles. The normalized spacial score (nSPS) is 10.7. The van der Waals surface area contributed by atoms with E-state index < -0.39 is 0 Å². The van der Waals surface area contributed by atoms with Crippen LogP contribution in [0.2, 0.25) is 0 Å². The number of nitrogens with two attached hydrogens (primary N) is 1. The number of aryl methyl sites for hydroxylation is 2. The van der Waals surface area contributed by atoms with Gasteiger partial charge in [-0.2, -0.15) is 0 Å². The zero-order chi connectivity index (χ0) is 10.5. The highest BCUT2D eigenvalue weighted by atomic mass is 15.1. The van der Waals surface area contributed by atoms with Gasteiger partial charge in [-0.1, -0.05) is 0 Å². The molecule has 2 heterocycles. The molecule has 0 amide bonds. The molecule has 0 aliphatic heterocycles. The van der Waals surface area contributed by atoms with Crippen molar-refractivity contribution < 1.29 is 0 Å². The van der Waals surface area contributed by atoms with E-state index in [1.165, 1.54) is 0 Å². The van der Waals surface area contributed by atoms with Crippen LogP contribution in [0.1, 0.15) is 12.8 Å². The molecule has 0 aromatic carbocycles. The topological polar surface area (TPSA) is 48.8 Å². The number of nitrogens with zero attached hydrogens (tertiary/aromatic N) is 3. The molecule has 80 valence electrons. The Bertz CT molecular complexity index is 388. The summed E-state index contributed by atoms with van der Waals surface area (Å²) in [5, 5.41) is 0. The average molecular weight is 204 g/mol. The summed E-state index contributed by atoms with van der Waals surface area (Å²) in [6.45, 7) is 2.02. The molecule has 0 spiro atoms. The van der Waals surface area contributed by atoms with E-state index in [0.717, 1.165) is 25.9 Å². The molecule has 15 heavy (non-hydrogen) atoms. The Morgan fingerprint density at radius 3 is 2.47 bits per heavy atom. The van der Waals surface area contributed by atoms with Crippen LogP contribution in [0.4, 0.5) is 5.95 Å². The summed E-state index contributed by atoms with van der Waals surface area (Å²) >= 11 is 0. The number of nitrogen functional groups attached to an aromatic ring is 1. The lowest BCUT2D eigenvalue weighted by atomic mass is 10.3. The Morgan fingerprint density at radius 2 is 1.80 bits per heavy atom. The largest absolute Gasteiger partial charge is 0.369 e. The molecule has 0 saturated carbocycles. The first kappa shape index (κ1) is 9.83. The molecule has 0 saturated heterocycles. The van der Waals surface area contributed by atoms with E-state index in [9.17, 15) is 0 Å². The molecule has 2 rings (SSSR count). The summed E-state index contributed by atoms with van der Waals surface area (Å²) in [6.07, 6.45) is 10.1. The molecule has 4 heteroatoms. The van der Waals surface area contributed by atoms with Crippen LogP contribution in [0, 0.1) is 0 Å². The Labute approximate surface area is 89.3 Å². The van der Waals surface area contributed by atoms with Crippen LogP contribution in [-0.4, -0.2) is 14.1 Å². The maximum atomic E-state index is 5.66. The van der Waals surface area contributed by atoms with Crippen molar-refractivity contribution in [3.8, 4) is 0 Å². The maximum absolute atomic E-state index is 5.66. The predicted molar refractivity (Wildman–Crippen MR) is 60.3 cm³/mol. The minimum atomic E-state index is 0.607. The second-order valence-corrected chi connectivity index (χ2v) is 3.61. The first-order valence-corrected chi connectivity index (χ1v) is 5.23.